The molecule has 116 valence electrons. The average Bonchev–Trinajstić information content (AvgIpc) is 2.70. The van der Waals surface area contributed by atoms with E-state index in [1.54, 1.807) is 0 Å². The number of aliphatic hydroxyl groups excluding tert-OH is 1. The van der Waals surface area contributed by atoms with Crippen molar-refractivity contribution in [3.63, 3.8) is 0 Å². The summed E-state index contributed by atoms with van der Waals surface area (Å²) in [6, 6.07) is 0. The summed E-state index contributed by atoms with van der Waals surface area (Å²) in [7, 11) is -1.91. The molecule has 8 heteroatoms. The zero-order valence-electron chi connectivity index (χ0n) is 12.7. The summed E-state index contributed by atoms with van der Waals surface area (Å²) in [6.45, 7) is 10.6. The molecule has 0 bridgehead atoms. The standard InChI is InChI=1S/C12H23F2N3O2Si/c1-12(2,3)20(4,5)19-7-6-17-9(8-18)15-16-11(17)10(13)14/h10,18H,6-8H2,1-5H3. The Bertz CT molecular complexity index is 444. The summed E-state index contributed by atoms with van der Waals surface area (Å²) < 4.78 is 32.8. The summed E-state index contributed by atoms with van der Waals surface area (Å²) in [4.78, 5) is 0. The van der Waals surface area contributed by atoms with E-state index in [-0.39, 0.29) is 17.4 Å². The van der Waals surface area contributed by atoms with Gasteiger partial charge in [0.15, 0.2) is 20.0 Å². The minimum atomic E-state index is -2.71. The predicted molar refractivity (Wildman–Crippen MR) is 74.1 cm³/mol. The van der Waals surface area contributed by atoms with Gasteiger partial charge in [-0.05, 0) is 18.1 Å². The van der Waals surface area contributed by atoms with Crippen molar-refractivity contribution in [3.05, 3.63) is 11.6 Å². The highest BCUT2D eigenvalue weighted by Crippen LogP contribution is 2.36. The first-order chi connectivity index (χ1) is 9.10. The third-order valence-electron chi connectivity index (χ3n) is 3.78. The Morgan fingerprint density at radius 1 is 1.30 bits per heavy atom. The number of halogens is 2. The number of rotatable bonds is 6. The SMILES string of the molecule is CC(C)(C)[Si](C)(C)OCCn1c(CO)nnc1C(F)F. The maximum absolute atomic E-state index is 12.8. The molecule has 0 radical (unpaired) electrons. The largest absolute Gasteiger partial charge is 0.415 e. The van der Waals surface area contributed by atoms with Crippen LogP contribution in [0.25, 0.3) is 0 Å². The fraction of sp³-hybridized carbons (Fsp3) is 0.833. The molecular weight excluding hydrogens is 284 g/mol. The molecule has 0 aliphatic rings. The lowest BCUT2D eigenvalue weighted by atomic mass is 10.2. The molecule has 5 nitrogen and oxygen atoms in total. The normalized spacial score (nSPS) is 13.2. The van der Waals surface area contributed by atoms with Gasteiger partial charge in [0.1, 0.15) is 6.61 Å². The summed E-state index contributed by atoms with van der Waals surface area (Å²) >= 11 is 0. The van der Waals surface area contributed by atoms with E-state index in [4.69, 9.17) is 9.53 Å². The number of hydrogen-bond donors (Lipinski definition) is 1. The zero-order valence-corrected chi connectivity index (χ0v) is 13.7. The molecule has 0 aliphatic heterocycles. The third kappa shape index (κ3) is 3.83. The van der Waals surface area contributed by atoms with Crippen molar-refractivity contribution < 1.29 is 18.3 Å². The number of alkyl halides is 2. The minimum absolute atomic E-state index is 0.0611. The number of nitrogens with zero attached hydrogens (tertiary/aromatic N) is 3. The molecule has 0 amide bonds. The molecule has 0 aromatic carbocycles. The van der Waals surface area contributed by atoms with Gasteiger partial charge in [-0.2, -0.15) is 0 Å². The summed E-state index contributed by atoms with van der Waals surface area (Å²) in [5.41, 5.74) is 0. The molecule has 0 saturated carbocycles. The van der Waals surface area contributed by atoms with Crippen molar-refractivity contribution >= 4 is 8.32 Å². The van der Waals surface area contributed by atoms with E-state index < -0.39 is 27.2 Å². The Hall–Kier alpha value is -0.863. The monoisotopic (exact) mass is 307 g/mol. The smallest absolute Gasteiger partial charge is 0.297 e. The molecule has 0 saturated heterocycles. The Morgan fingerprint density at radius 3 is 2.35 bits per heavy atom. The van der Waals surface area contributed by atoms with Crippen LogP contribution in [0.2, 0.25) is 18.1 Å². The van der Waals surface area contributed by atoms with Crippen molar-refractivity contribution in [2.75, 3.05) is 6.61 Å². The highest BCUT2D eigenvalue weighted by atomic mass is 28.4. The average molecular weight is 307 g/mol. The van der Waals surface area contributed by atoms with Gasteiger partial charge < -0.3 is 14.1 Å². The van der Waals surface area contributed by atoms with E-state index in [1.807, 2.05) is 0 Å². The summed E-state index contributed by atoms with van der Waals surface area (Å²) in [5, 5.41) is 16.1. The van der Waals surface area contributed by atoms with Crippen LogP contribution in [-0.2, 0) is 17.6 Å². The van der Waals surface area contributed by atoms with E-state index in [2.05, 4.69) is 44.1 Å². The van der Waals surface area contributed by atoms with Gasteiger partial charge in [-0.15, -0.1) is 10.2 Å². The van der Waals surface area contributed by atoms with Crippen molar-refractivity contribution in [3.8, 4) is 0 Å². The molecule has 0 fully saturated rings. The van der Waals surface area contributed by atoms with Gasteiger partial charge in [-0.25, -0.2) is 8.78 Å². The van der Waals surface area contributed by atoms with Crippen LogP contribution < -0.4 is 0 Å². The topological polar surface area (TPSA) is 60.2 Å². The second kappa shape index (κ2) is 6.27. The second-order valence-electron chi connectivity index (χ2n) is 6.19. The lowest BCUT2D eigenvalue weighted by molar-refractivity contribution is 0.131. The van der Waals surface area contributed by atoms with E-state index in [0.717, 1.165) is 0 Å². The summed E-state index contributed by atoms with van der Waals surface area (Å²) in [6.07, 6.45) is -2.71. The number of aliphatic hydroxyl groups is 1. The fourth-order valence-electron chi connectivity index (χ4n) is 1.48. The maximum atomic E-state index is 12.8. The Balaban J connectivity index is 2.73. The molecule has 20 heavy (non-hydrogen) atoms. The van der Waals surface area contributed by atoms with Gasteiger partial charge in [-0.1, -0.05) is 20.8 Å². The molecule has 1 rings (SSSR count). The quantitative estimate of drug-likeness (QED) is 0.821. The van der Waals surface area contributed by atoms with E-state index >= 15 is 0 Å². The van der Waals surface area contributed by atoms with Crippen molar-refractivity contribution in [2.45, 2.75) is 58.5 Å². The number of hydrogen-bond acceptors (Lipinski definition) is 4. The third-order valence-corrected chi connectivity index (χ3v) is 8.31. The van der Waals surface area contributed by atoms with Crippen LogP contribution in [0, 0.1) is 0 Å². The van der Waals surface area contributed by atoms with Crippen LogP contribution in [-0.4, -0.2) is 34.8 Å². The van der Waals surface area contributed by atoms with Gasteiger partial charge in [0.05, 0.1) is 6.61 Å². The fourth-order valence-corrected chi connectivity index (χ4v) is 2.51. The van der Waals surface area contributed by atoms with Gasteiger partial charge in [0.2, 0.25) is 0 Å². The molecule has 0 unspecified atom stereocenters. The minimum Gasteiger partial charge on any atom is -0.415 e. The van der Waals surface area contributed by atoms with Gasteiger partial charge in [0.25, 0.3) is 6.43 Å². The second-order valence-corrected chi connectivity index (χ2v) is 11.0. The molecule has 1 N–H and O–H groups in total. The highest BCUT2D eigenvalue weighted by Gasteiger charge is 2.37. The van der Waals surface area contributed by atoms with Crippen LogP contribution >= 0.6 is 0 Å². The van der Waals surface area contributed by atoms with Gasteiger partial charge >= 0.3 is 0 Å². The Kier molecular flexibility index (Phi) is 5.39. The van der Waals surface area contributed by atoms with E-state index in [1.165, 1.54) is 4.57 Å². The molecular formula is C12H23F2N3O2Si. The van der Waals surface area contributed by atoms with Crippen LogP contribution in [0.15, 0.2) is 0 Å². The maximum Gasteiger partial charge on any atom is 0.297 e. The van der Waals surface area contributed by atoms with Crippen molar-refractivity contribution in [1.29, 1.82) is 0 Å². The van der Waals surface area contributed by atoms with E-state index in [0.29, 0.717) is 6.61 Å². The molecule has 1 aromatic heterocycles. The molecule has 1 aromatic rings. The van der Waals surface area contributed by atoms with Crippen LogP contribution in [0.1, 0.15) is 38.8 Å². The lowest BCUT2D eigenvalue weighted by Gasteiger charge is -2.36. The molecule has 0 aliphatic carbocycles. The van der Waals surface area contributed by atoms with Crippen LogP contribution in [0.4, 0.5) is 8.78 Å². The van der Waals surface area contributed by atoms with Gasteiger partial charge in [-0.3, -0.25) is 0 Å². The van der Waals surface area contributed by atoms with Crippen LogP contribution in [0.5, 0.6) is 0 Å². The first-order valence-corrected chi connectivity index (χ1v) is 9.46. The predicted octanol–water partition coefficient (Wildman–Crippen LogP) is 2.73. The molecule has 1 heterocycles. The molecule has 0 spiro atoms. The lowest BCUT2D eigenvalue weighted by Crippen LogP contribution is -2.41. The van der Waals surface area contributed by atoms with Crippen molar-refractivity contribution in [1.82, 2.24) is 14.8 Å². The van der Waals surface area contributed by atoms with Crippen molar-refractivity contribution in [2.24, 2.45) is 0 Å². The number of aromatic nitrogens is 3. The molecule has 0 atom stereocenters. The Labute approximate surface area is 119 Å². The summed E-state index contributed by atoms with van der Waals surface area (Å²) in [5.74, 6) is -0.285. The first-order valence-electron chi connectivity index (χ1n) is 6.55. The van der Waals surface area contributed by atoms with Gasteiger partial charge in [0, 0.05) is 6.54 Å². The highest BCUT2D eigenvalue weighted by molar-refractivity contribution is 6.74. The van der Waals surface area contributed by atoms with E-state index in [9.17, 15) is 8.78 Å². The van der Waals surface area contributed by atoms with Crippen LogP contribution in [0.3, 0.4) is 0 Å². The zero-order chi connectivity index (χ0) is 15.6. The Morgan fingerprint density at radius 2 is 1.90 bits per heavy atom. The first kappa shape index (κ1) is 17.2.